The molecule has 0 aromatic heterocycles. The monoisotopic (exact) mass is 268 g/mol. The van der Waals surface area contributed by atoms with Crippen molar-refractivity contribution in [1.29, 1.82) is 0 Å². The van der Waals surface area contributed by atoms with Crippen LogP contribution in [0.4, 0.5) is 0 Å². The zero-order chi connectivity index (χ0) is 14.1. The summed E-state index contributed by atoms with van der Waals surface area (Å²) in [5.74, 6) is -0.0176. The molecular weight excluding hydrogens is 240 g/mol. The topological polar surface area (TPSA) is 46.5 Å². The number of hydrogen-bond donors (Lipinski definition) is 1. The van der Waals surface area contributed by atoms with Crippen LogP contribution in [0.25, 0.3) is 0 Å². The number of cyclic esters (lactones) is 1. The van der Waals surface area contributed by atoms with Crippen LogP contribution in [0, 0.1) is 0 Å². The Morgan fingerprint density at radius 2 is 1.79 bits per heavy atom. The number of hydrogen-bond acceptors (Lipinski definition) is 3. The Hall–Kier alpha value is -0.990. The molecule has 1 aliphatic heterocycles. The van der Waals surface area contributed by atoms with Gasteiger partial charge in [0.25, 0.3) is 0 Å². The summed E-state index contributed by atoms with van der Waals surface area (Å²) in [6.45, 7) is 4.31. The maximum Gasteiger partial charge on any atom is 0.337 e. The highest BCUT2D eigenvalue weighted by Gasteiger charge is 2.27. The van der Waals surface area contributed by atoms with Gasteiger partial charge in [-0.2, -0.15) is 0 Å². The van der Waals surface area contributed by atoms with Crippen LogP contribution in [0.15, 0.2) is 11.3 Å². The van der Waals surface area contributed by atoms with Crippen LogP contribution in [0.2, 0.25) is 0 Å². The van der Waals surface area contributed by atoms with Gasteiger partial charge in [-0.3, -0.25) is 0 Å². The van der Waals surface area contributed by atoms with Crippen molar-refractivity contribution in [1.82, 2.24) is 0 Å². The van der Waals surface area contributed by atoms with E-state index < -0.39 is 0 Å². The molecule has 0 aliphatic carbocycles. The van der Waals surface area contributed by atoms with E-state index in [0.717, 1.165) is 38.5 Å². The number of unbranched alkanes of at least 4 members (excludes halogenated alkanes) is 5. The highest BCUT2D eigenvalue weighted by Crippen LogP contribution is 2.26. The van der Waals surface area contributed by atoms with Crippen LogP contribution >= 0.6 is 0 Å². The van der Waals surface area contributed by atoms with Crippen molar-refractivity contribution < 1.29 is 14.6 Å². The van der Waals surface area contributed by atoms with Crippen molar-refractivity contribution in [2.75, 3.05) is 0 Å². The van der Waals surface area contributed by atoms with Gasteiger partial charge in [-0.1, -0.05) is 46.0 Å². The highest BCUT2D eigenvalue weighted by atomic mass is 16.5. The first-order valence-corrected chi connectivity index (χ1v) is 7.81. The molecule has 0 aromatic rings. The molecule has 1 atom stereocenters. The molecule has 110 valence electrons. The largest absolute Gasteiger partial charge is 0.512 e. The standard InChI is InChI=1S/C16H28O3/c1-3-5-7-9-11-14-15(17)12-13(19-16(14)18)10-8-6-4-2/h13,17H,3-12H2,1-2H3. The maximum atomic E-state index is 11.9. The van der Waals surface area contributed by atoms with Gasteiger partial charge in [0.05, 0.1) is 5.57 Å². The Labute approximate surface area is 117 Å². The van der Waals surface area contributed by atoms with Crippen molar-refractivity contribution in [3.8, 4) is 0 Å². The summed E-state index contributed by atoms with van der Waals surface area (Å²) < 4.78 is 5.42. The second-order valence-corrected chi connectivity index (χ2v) is 5.46. The molecule has 19 heavy (non-hydrogen) atoms. The number of aliphatic hydroxyl groups excluding tert-OH is 1. The third-order valence-electron chi connectivity index (χ3n) is 3.70. The van der Waals surface area contributed by atoms with Gasteiger partial charge in [0, 0.05) is 6.42 Å². The number of ether oxygens (including phenoxy) is 1. The summed E-state index contributed by atoms with van der Waals surface area (Å²) in [5, 5.41) is 10.0. The molecule has 1 unspecified atom stereocenters. The molecule has 0 saturated carbocycles. The van der Waals surface area contributed by atoms with E-state index in [0.29, 0.717) is 18.4 Å². The summed E-state index contributed by atoms with van der Waals surface area (Å²) in [6, 6.07) is 0. The van der Waals surface area contributed by atoms with Crippen LogP contribution in [0.3, 0.4) is 0 Å². The third-order valence-corrected chi connectivity index (χ3v) is 3.70. The van der Waals surface area contributed by atoms with E-state index >= 15 is 0 Å². The highest BCUT2D eigenvalue weighted by molar-refractivity contribution is 5.89. The molecule has 1 rings (SSSR count). The molecule has 1 heterocycles. The lowest BCUT2D eigenvalue weighted by Gasteiger charge is -2.24. The van der Waals surface area contributed by atoms with Crippen LogP contribution < -0.4 is 0 Å². The van der Waals surface area contributed by atoms with Crippen LogP contribution in [-0.4, -0.2) is 17.2 Å². The van der Waals surface area contributed by atoms with Crippen molar-refractivity contribution in [3.63, 3.8) is 0 Å². The van der Waals surface area contributed by atoms with Gasteiger partial charge < -0.3 is 9.84 Å². The van der Waals surface area contributed by atoms with Crippen LogP contribution in [0.1, 0.15) is 78.1 Å². The number of rotatable bonds is 9. The Kier molecular flexibility index (Phi) is 7.61. The average molecular weight is 268 g/mol. The minimum absolute atomic E-state index is 0.113. The van der Waals surface area contributed by atoms with E-state index in [-0.39, 0.29) is 17.8 Å². The smallest absolute Gasteiger partial charge is 0.337 e. The van der Waals surface area contributed by atoms with Crippen molar-refractivity contribution >= 4 is 5.97 Å². The molecule has 0 fully saturated rings. The van der Waals surface area contributed by atoms with Crippen molar-refractivity contribution in [2.45, 2.75) is 84.2 Å². The van der Waals surface area contributed by atoms with Gasteiger partial charge in [0.2, 0.25) is 0 Å². The van der Waals surface area contributed by atoms with Crippen LogP contribution in [-0.2, 0) is 9.53 Å². The summed E-state index contributed by atoms with van der Waals surface area (Å²) >= 11 is 0. The predicted octanol–water partition coefficient (Wildman–Crippen LogP) is 4.66. The summed E-state index contributed by atoms with van der Waals surface area (Å²) in [4.78, 5) is 11.9. The van der Waals surface area contributed by atoms with Crippen LogP contribution in [0.5, 0.6) is 0 Å². The molecule has 3 nitrogen and oxygen atoms in total. The SMILES string of the molecule is CCCCCCC1=C(O)CC(CCCCC)OC1=O. The maximum absolute atomic E-state index is 11.9. The lowest BCUT2D eigenvalue weighted by molar-refractivity contribution is -0.147. The average Bonchev–Trinajstić information content (AvgIpc) is 2.37. The first-order valence-electron chi connectivity index (χ1n) is 7.81. The number of esters is 1. The van der Waals surface area contributed by atoms with Crippen molar-refractivity contribution in [2.24, 2.45) is 0 Å². The summed E-state index contributed by atoms with van der Waals surface area (Å²) in [7, 11) is 0. The predicted molar refractivity (Wildman–Crippen MR) is 77.1 cm³/mol. The quantitative estimate of drug-likeness (QED) is 0.488. The van der Waals surface area contributed by atoms with Crippen molar-refractivity contribution in [3.05, 3.63) is 11.3 Å². The zero-order valence-corrected chi connectivity index (χ0v) is 12.4. The number of carbonyl (C=O) groups is 1. The number of carbonyl (C=O) groups excluding carboxylic acids is 1. The van der Waals surface area contributed by atoms with Gasteiger partial charge >= 0.3 is 5.97 Å². The van der Waals surface area contributed by atoms with E-state index in [1.54, 1.807) is 0 Å². The molecule has 3 heteroatoms. The summed E-state index contributed by atoms with van der Waals surface area (Å²) in [6.07, 6.45) is 9.73. The molecule has 0 spiro atoms. The molecule has 0 aromatic carbocycles. The van der Waals surface area contributed by atoms with E-state index in [1.807, 2.05) is 0 Å². The molecule has 1 aliphatic rings. The molecule has 0 radical (unpaired) electrons. The van der Waals surface area contributed by atoms with Gasteiger partial charge in [-0.25, -0.2) is 4.79 Å². The second-order valence-electron chi connectivity index (χ2n) is 5.46. The Morgan fingerprint density at radius 1 is 1.11 bits per heavy atom. The minimum Gasteiger partial charge on any atom is -0.512 e. The minimum atomic E-state index is -0.290. The Balaban J connectivity index is 2.40. The zero-order valence-electron chi connectivity index (χ0n) is 12.4. The van der Waals surface area contributed by atoms with Gasteiger partial charge in [0.1, 0.15) is 11.9 Å². The lowest BCUT2D eigenvalue weighted by Crippen LogP contribution is -2.26. The van der Waals surface area contributed by atoms with E-state index in [1.165, 1.54) is 12.8 Å². The lowest BCUT2D eigenvalue weighted by atomic mass is 9.98. The Bertz CT molecular complexity index is 307. The Morgan fingerprint density at radius 3 is 2.42 bits per heavy atom. The van der Waals surface area contributed by atoms with E-state index in [4.69, 9.17) is 4.74 Å². The van der Waals surface area contributed by atoms with Gasteiger partial charge in [0.15, 0.2) is 0 Å². The number of aliphatic hydroxyl groups is 1. The fourth-order valence-electron chi connectivity index (χ4n) is 2.48. The fourth-order valence-corrected chi connectivity index (χ4v) is 2.48. The molecule has 0 amide bonds. The van der Waals surface area contributed by atoms with E-state index in [9.17, 15) is 9.90 Å². The van der Waals surface area contributed by atoms with E-state index in [2.05, 4.69) is 13.8 Å². The van der Waals surface area contributed by atoms with Gasteiger partial charge in [-0.15, -0.1) is 0 Å². The molecule has 0 saturated heterocycles. The third kappa shape index (κ3) is 5.66. The second kappa shape index (κ2) is 9.00. The molecule has 0 bridgehead atoms. The molecular formula is C16H28O3. The summed E-state index contributed by atoms with van der Waals surface area (Å²) in [5.41, 5.74) is 0.517. The normalized spacial score (nSPS) is 19.7. The van der Waals surface area contributed by atoms with Gasteiger partial charge in [-0.05, 0) is 25.7 Å². The first kappa shape index (κ1) is 16.1. The fraction of sp³-hybridized carbons (Fsp3) is 0.812. The molecule has 1 N–H and O–H groups in total. The first-order chi connectivity index (χ1) is 9.19.